The van der Waals surface area contributed by atoms with Gasteiger partial charge in [-0.2, -0.15) is 0 Å². The first-order valence-electron chi connectivity index (χ1n) is 9.52. The normalized spacial score (nSPS) is 13.2. The Morgan fingerprint density at radius 1 is 1.38 bits per heavy atom. The Morgan fingerprint density at radius 3 is 2.79 bits per heavy atom. The quantitative estimate of drug-likeness (QED) is 0.359. The zero-order valence-electron chi connectivity index (χ0n) is 16.4. The van der Waals surface area contributed by atoms with Crippen molar-refractivity contribution in [3.63, 3.8) is 0 Å². The molecule has 1 aliphatic rings. The van der Waals surface area contributed by atoms with Crippen molar-refractivity contribution in [2.45, 2.75) is 33.1 Å². The highest BCUT2D eigenvalue weighted by Gasteiger charge is 2.30. The first-order valence-corrected chi connectivity index (χ1v) is 9.52. The average molecular weight is 401 g/mol. The third-order valence-electron chi connectivity index (χ3n) is 4.74. The number of benzene rings is 1. The van der Waals surface area contributed by atoms with Crippen LogP contribution in [0.15, 0.2) is 24.3 Å². The van der Waals surface area contributed by atoms with E-state index in [0.29, 0.717) is 30.5 Å². The molecule has 0 bridgehead atoms. The van der Waals surface area contributed by atoms with Crippen LogP contribution >= 0.6 is 0 Å². The minimum Gasteiger partial charge on any atom is -0.466 e. The van der Waals surface area contributed by atoms with E-state index in [2.05, 4.69) is 10.3 Å². The van der Waals surface area contributed by atoms with Gasteiger partial charge in [0, 0.05) is 25.2 Å². The van der Waals surface area contributed by atoms with Crippen molar-refractivity contribution in [2.75, 3.05) is 19.7 Å². The van der Waals surface area contributed by atoms with E-state index in [4.69, 9.17) is 4.74 Å². The molecule has 0 saturated heterocycles. The Balaban J connectivity index is 1.80. The molecular weight excluding hydrogens is 378 g/mol. The Hall–Kier alpha value is -3.30. The molecular formula is C19H23N5O5. The maximum absolute atomic E-state index is 13.1. The first-order chi connectivity index (χ1) is 13.9. The van der Waals surface area contributed by atoms with Gasteiger partial charge in [0.2, 0.25) is 0 Å². The lowest BCUT2D eigenvalue weighted by Gasteiger charge is -2.21. The number of aromatic nitrogens is 3. The Kier molecular flexibility index (Phi) is 6.20. The third kappa shape index (κ3) is 4.95. The zero-order chi connectivity index (χ0) is 21.0. The lowest BCUT2D eigenvalue weighted by Crippen LogP contribution is -2.35. The zero-order valence-corrected chi connectivity index (χ0v) is 16.4. The van der Waals surface area contributed by atoms with Gasteiger partial charge in [-0.25, -0.2) is 4.68 Å². The molecule has 0 aliphatic heterocycles. The largest absolute Gasteiger partial charge is 0.466 e. The van der Waals surface area contributed by atoms with Gasteiger partial charge in [0.15, 0.2) is 5.69 Å². The van der Waals surface area contributed by atoms with Crippen molar-refractivity contribution in [3.05, 3.63) is 45.8 Å². The van der Waals surface area contributed by atoms with E-state index in [1.54, 1.807) is 30.9 Å². The average Bonchev–Trinajstić information content (AvgIpc) is 3.44. The van der Waals surface area contributed by atoms with Crippen molar-refractivity contribution in [3.8, 4) is 5.69 Å². The van der Waals surface area contributed by atoms with Crippen molar-refractivity contribution in [1.82, 2.24) is 19.9 Å². The standard InChI is InChI=1S/C19H23N5O5/c1-3-29-17(25)9-10-22(12-14-7-8-14)19(26)18-13(2)23(21-20-18)15-5-4-6-16(11-15)24(27)28/h4-6,11,14H,3,7-10,12H2,1-2H3. The van der Waals surface area contributed by atoms with Gasteiger partial charge in [-0.15, -0.1) is 5.10 Å². The lowest BCUT2D eigenvalue weighted by atomic mass is 10.2. The molecule has 1 saturated carbocycles. The number of amides is 1. The third-order valence-corrected chi connectivity index (χ3v) is 4.74. The van der Waals surface area contributed by atoms with Gasteiger partial charge < -0.3 is 9.64 Å². The van der Waals surface area contributed by atoms with Crippen molar-refractivity contribution < 1.29 is 19.2 Å². The summed E-state index contributed by atoms with van der Waals surface area (Å²) in [6.07, 6.45) is 2.23. The molecule has 1 amide bonds. The monoisotopic (exact) mass is 401 g/mol. The van der Waals surface area contributed by atoms with E-state index in [9.17, 15) is 19.7 Å². The Labute approximate surface area is 167 Å². The summed E-state index contributed by atoms with van der Waals surface area (Å²) in [6, 6.07) is 5.97. The minimum absolute atomic E-state index is 0.0740. The molecule has 154 valence electrons. The van der Waals surface area contributed by atoms with Gasteiger partial charge in [0.1, 0.15) is 0 Å². The van der Waals surface area contributed by atoms with Crippen LogP contribution in [-0.4, -0.2) is 56.4 Å². The van der Waals surface area contributed by atoms with Crippen LogP contribution in [0.25, 0.3) is 5.69 Å². The molecule has 0 radical (unpaired) electrons. The summed E-state index contributed by atoms with van der Waals surface area (Å²) in [6.45, 7) is 4.53. The molecule has 10 heteroatoms. The molecule has 1 aliphatic carbocycles. The van der Waals surface area contributed by atoms with Crippen LogP contribution in [0.1, 0.15) is 42.4 Å². The molecule has 1 fully saturated rings. The van der Waals surface area contributed by atoms with Crippen LogP contribution in [0.3, 0.4) is 0 Å². The topological polar surface area (TPSA) is 120 Å². The second-order valence-electron chi connectivity index (χ2n) is 6.96. The fourth-order valence-electron chi connectivity index (χ4n) is 3.01. The number of nitrogens with zero attached hydrogens (tertiary/aromatic N) is 5. The Bertz CT molecular complexity index is 921. The number of carbonyl (C=O) groups is 2. The Morgan fingerprint density at radius 2 is 2.14 bits per heavy atom. The minimum atomic E-state index is -0.491. The van der Waals surface area contributed by atoms with Crippen LogP contribution in [0.5, 0.6) is 0 Å². The molecule has 1 aromatic carbocycles. The van der Waals surface area contributed by atoms with Gasteiger partial charge in [-0.1, -0.05) is 11.3 Å². The molecule has 0 N–H and O–H groups in total. The maximum atomic E-state index is 13.1. The highest BCUT2D eigenvalue weighted by atomic mass is 16.6. The molecule has 10 nitrogen and oxygen atoms in total. The van der Waals surface area contributed by atoms with Gasteiger partial charge in [-0.3, -0.25) is 19.7 Å². The summed E-state index contributed by atoms with van der Waals surface area (Å²) in [5, 5.41) is 19.0. The molecule has 0 unspecified atom stereocenters. The van der Waals surface area contributed by atoms with Gasteiger partial charge >= 0.3 is 5.97 Å². The van der Waals surface area contributed by atoms with E-state index in [1.165, 1.54) is 16.8 Å². The summed E-state index contributed by atoms with van der Waals surface area (Å²) in [4.78, 5) is 36.9. The van der Waals surface area contributed by atoms with Crippen molar-refractivity contribution >= 4 is 17.6 Å². The van der Waals surface area contributed by atoms with E-state index >= 15 is 0 Å². The SMILES string of the molecule is CCOC(=O)CCN(CC1CC1)C(=O)c1nnn(-c2cccc([N+](=O)[O-])c2)c1C. The van der Waals surface area contributed by atoms with Crippen LogP contribution < -0.4 is 0 Å². The van der Waals surface area contributed by atoms with Gasteiger partial charge in [0.05, 0.1) is 29.3 Å². The number of non-ortho nitro benzene ring substituents is 1. The number of ether oxygens (including phenoxy) is 1. The molecule has 1 heterocycles. The summed E-state index contributed by atoms with van der Waals surface area (Å²) in [7, 11) is 0. The molecule has 3 rings (SSSR count). The van der Waals surface area contributed by atoms with Crippen LogP contribution in [0, 0.1) is 23.0 Å². The highest BCUT2D eigenvalue weighted by molar-refractivity contribution is 5.93. The summed E-state index contributed by atoms with van der Waals surface area (Å²) in [5.74, 6) is -0.221. The molecule has 29 heavy (non-hydrogen) atoms. The van der Waals surface area contributed by atoms with Crippen LogP contribution in [0.2, 0.25) is 0 Å². The molecule has 1 aromatic heterocycles. The van der Waals surface area contributed by atoms with Crippen molar-refractivity contribution in [1.29, 1.82) is 0 Å². The van der Waals surface area contributed by atoms with E-state index in [-0.39, 0.29) is 36.2 Å². The number of nitro benzene ring substituents is 1. The number of nitro groups is 1. The number of hydrogen-bond donors (Lipinski definition) is 0. The number of rotatable bonds is 9. The second kappa shape index (κ2) is 8.80. The van der Waals surface area contributed by atoms with Gasteiger partial charge in [0.25, 0.3) is 11.6 Å². The van der Waals surface area contributed by atoms with Crippen LogP contribution in [-0.2, 0) is 9.53 Å². The van der Waals surface area contributed by atoms with Crippen LogP contribution in [0.4, 0.5) is 5.69 Å². The van der Waals surface area contributed by atoms with E-state index < -0.39 is 4.92 Å². The van der Waals surface area contributed by atoms with Crippen molar-refractivity contribution in [2.24, 2.45) is 5.92 Å². The second-order valence-corrected chi connectivity index (χ2v) is 6.96. The molecule has 0 atom stereocenters. The van der Waals surface area contributed by atoms with E-state index in [1.807, 2.05) is 0 Å². The maximum Gasteiger partial charge on any atom is 0.307 e. The fraction of sp³-hybridized carbons (Fsp3) is 0.474. The summed E-state index contributed by atoms with van der Waals surface area (Å²) in [5.41, 5.74) is 1.02. The fourth-order valence-corrected chi connectivity index (χ4v) is 3.01. The lowest BCUT2D eigenvalue weighted by molar-refractivity contribution is -0.384. The number of esters is 1. The smallest absolute Gasteiger partial charge is 0.307 e. The molecule has 2 aromatic rings. The van der Waals surface area contributed by atoms with E-state index in [0.717, 1.165) is 12.8 Å². The molecule has 0 spiro atoms. The predicted octanol–water partition coefficient (Wildman–Crippen LogP) is 2.29. The highest BCUT2D eigenvalue weighted by Crippen LogP contribution is 2.30. The predicted molar refractivity (Wildman–Crippen MR) is 103 cm³/mol. The van der Waals surface area contributed by atoms with Gasteiger partial charge in [-0.05, 0) is 38.7 Å². The number of hydrogen-bond acceptors (Lipinski definition) is 7. The summed E-state index contributed by atoms with van der Waals surface area (Å²) >= 11 is 0. The first kappa shape index (κ1) is 20.4. The number of carbonyl (C=O) groups excluding carboxylic acids is 2. The summed E-state index contributed by atoms with van der Waals surface area (Å²) < 4.78 is 6.35.